The molecule has 1 N–H and O–H groups in total. The number of nitrogens with one attached hydrogen (secondary N) is 1. The first-order chi connectivity index (χ1) is 7.31. The van der Waals surface area contributed by atoms with Crippen molar-refractivity contribution in [3.05, 3.63) is 40.3 Å². The predicted octanol–water partition coefficient (Wildman–Crippen LogP) is 1.20. The van der Waals surface area contributed by atoms with E-state index >= 15 is 0 Å². The molecule has 0 unspecified atom stereocenters. The molecule has 1 aromatic carbocycles. The van der Waals surface area contributed by atoms with E-state index in [0.29, 0.717) is 11.1 Å². The second-order valence-corrected chi connectivity index (χ2v) is 3.28. The number of aromatic nitrogens is 2. The van der Waals surface area contributed by atoms with Crippen LogP contribution in [0.4, 0.5) is 0 Å². The minimum atomic E-state index is -0.179. The van der Waals surface area contributed by atoms with Crippen LogP contribution in [0.3, 0.4) is 0 Å². The average Bonchev–Trinajstić information content (AvgIpc) is 2.26. The molecule has 4 heteroatoms. The number of fused-ring (bicyclic) bond motifs is 1. The van der Waals surface area contributed by atoms with Crippen LogP contribution in [0.15, 0.2) is 29.2 Å². The Morgan fingerprint density at radius 2 is 2.33 bits per heavy atom. The molecule has 2 rings (SSSR count). The maximum atomic E-state index is 11.3. The van der Waals surface area contributed by atoms with E-state index in [9.17, 15) is 4.79 Å². The van der Waals surface area contributed by atoms with E-state index in [2.05, 4.69) is 34.7 Å². The fourth-order valence-corrected chi connectivity index (χ4v) is 1.40. The molecule has 0 saturated heterocycles. The summed E-state index contributed by atoms with van der Waals surface area (Å²) in [5, 5.41) is 7.54. The highest BCUT2D eigenvalue weighted by molar-refractivity contribution is 7.80. The number of H-pyrrole nitrogens is 1. The fraction of sp³-hybridized carbons (Fsp3) is 0.0909. The summed E-state index contributed by atoms with van der Waals surface area (Å²) in [6.07, 6.45) is 1.61. The fourth-order valence-electron chi connectivity index (χ4n) is 1.32. The molecule has 0 spiro atoms. The molecule has 0 atom stereocenters. The summed E-state index contributed by atoms with van der Waals surface area (Å²) in [5.41, 5.74) is 0.685. The van der Waals surface area contributed by atoms with E-state index < -0.39 is 0 Å². The highest BCUT2D eigenvalue weighted by Crippen LogP contribution is 2.09. The monoisotopic (exact) mass is 216 g/mol. The summed E-state index contributed by atoms with van der Waals surface area (Å²) >= 11 is 4.00. The van der Waals surface area contributed by atoms with Crippen LogP contribution in [0.25, 0.3) is 10.8 Å². The van der Waals surface area contributed by atoms with Crippen molar-refractivity contribution in [2.24, 2.45) is 0 Å². The maximum Gasteiger partial charge on any atom is 0.272 e. The van der Waals surface area contributed by atoms with Gasteiger partial charge in [-0.05, 0) is 18.2 Å². The van der Waals surface area contributed by atoms with Crippen LogP contribution >= 0.6 is 12.6 Å². The molecule has 1 heterocycles. The summed E-state index contributed by atoms with van der Waals surface area (Å²) in [7, 11) is 0. The Morgan fingerprint density at radius 3 is 3.13 bits per heavy atom. The lowest BCUT2D eigenvalue weighted by Crippen LogP contribution is -2.07. The topological polar surface area (TPSA) is 45.8 Å². The Labute approximate surface area is 91.9 Å². The molecule has 0 amide bonds. The van der Waals surface area contributed by atoms with Crippen molar-refractivity contribution in [3.63, 3.8) is 0 Å². The normalized spacial score (nSPS) is 9.67. The Morgan fingerprint density at radius 1 is 1.47 bits per heavy atom. The van der Waals surface area contributed by atoms with Gasteiger partial charge in [-0.25, -0.2) is 5.10 Å². The maximum absolute atomic E-state index is 11.3. The van der Waals surface area contributed by atoms with Gasteiger partial charge < -0.3 is 0 Å². The van der Waals surface area contributed by atoms with Gasteiger partial charge in [0.1, 0.15) is 0 Å². The van der Waals surface area contributed by atoms with Crippen molar-refractivity contribution in [1.29, 1.82) is 0 Å². The van der Waals surface area contributed by atoms with Crippen LogP contribution in [0.5, 0.6) is 0 Å². The van der Waals surface area contributed by atoms with Gasteiger partial charge in [-0.3, -0.25) is 4.79 Å². The van der Waals surface area contributed by atoms with Crippen molar-refractivity contribution in [3.8, 4) is 11.8 Å². The number of thiol groups is 1. The first-order valence-corrected chi connectivity index (χ1v) is 5.01. The predicted molar refractivity (Wildman–Crippen MR) is 63.1 cm³/mol. The zero-order chi connectivity index (χ0) is 10.7. The van der Waals surface area contributed by atoms with Gasteiger partial charge in [0, 0.05) is 10.9 Å². The molecule has 74 valence electrons. The first-order valence-electron chi connectivity index (χ1n) is 4.38. The number of aromatic amines is 1. The Kier molecular flexibility index (Phi) is 2.75. The van der Waals surface area contributed by atoms with Crippen LogP contribution in [0, 0.1) is 11.8 Å². The molecule has 15 heavy (non-hydrogen) atoms. The van der Waals surface area contributed by atoms with Crippen molar-refractivity contribution in [2.45, 2.75) is 0 Å². The SMILES string of the molecule is O=c1[nH]ncc2cc(C#CCS)ccc12. The van der Waals surface area contributed by atoms with Crippen LogP contribution in [-0.2, 0) is 0 Å². The molecule has 0 aliphatic heterocycles. The van der Waals surface area contributed by atoms with E-state index in [1.165, 1.54) is 0 Å². The third-order valence-corrected chi connectivity index (χ3v) is 2.14. The van der Waals surface area contributed by atoms with Gasteiger partial charge in [0.2, 0.25) is 0 Å². The van der Waals surface area contributed by atoms with Crippen LogP contribution in [0.2, 0.25) is 0 Å². The quantitative estimate of drug-likeness (QED) is 0.513. The summed E-state index contributed by atoms with van der Waals surface area (Å²) in [5.74, 6) is 6.31. The molecule has 0 aliphatic rings. The second-order valence-electron chi connectivity index (χ2n) is 2.96. The van der Waals surface area contributed by atoms with Gasteiger partial charge in [0.15, 0.2) is 0 Å². The van der Waals surface area contributed by atoms with Crippen molar-refractivity contribution in [2.75, 3.05) is 5.75 Å². The van der Waals surface area contributed by atoms with Gasteiger partial charge in [0.05, 0.1) is 17.3 Å². The number of benzene rings is 1. The first kappa shape index (κ1) is 9.81. The molecular weight excluding hydrogens is 208 g/mol. The lowest BCUT2D eigenvalue weighted by molar-refractivity contribution is 1.01. The molecule has 0 bridgehead atoms. The van der Waals surface area contributed by atoms with E-state index in [1.54, 1.807) is 12.3 Å². The summed E-state index contributed by atoms with van der Waals surface area (Å²) < 4.78 is 0. The van der Waals surface area contributed by atoms with Crippen molar-refractivity contribution >= 4 is 23.4 Å². The van der Waals surface area contributed by atoms with Gasteiger partial charge in [-0.1, -0.05) is 11.8 Å². The molecule has 3 nitrogen and oxygen atoms in total. The third-order valence-electron chi connectivity index (χ3n) is 1.98. The Bertz CT molecular complexity index is 607. The largest absolute Gasteiger partial charge is 0.272 e. The molecule has 0 aliphatic carbocycles. The van der Waals surface area contributed by atoms with Gasteiger partial charge in [-0.2, -0.15) is 17.7 Å². The van der Waals surface area contributed by atoms with Crippen LogP contribution in [0.1, 0.15) is 5.56 Å². The van der Waals surface area contributed by atoms with E-state index in [4.69, 9.17) is 0 Å². The van der Waals surface area contributed by atoms with Gasteiger partial charge >= 0.3 is 0 Å². The highest BCUT2D eigenvalue weighted by Gasteiger charge is 1.98. The zero-order valence-electron chi connectivity index (χ0n) is 7.82. The van der Waals surface area contributed by atoms with Crippen molar-refractivity contribution in [1.82, 2.24) is 10.2 Å². The summed E-state index contributed by atoms with van der Waals surface area (Å²) in [4.78, 5) is 11.3. The van der Waals surface area contributed by atoms with Gasteiger partial charge in [-0.15, -0.1) is 0 Å². The van der Waals surface area contributed by atoms with Gasteiger partial charge in [0.25, 0.3) is 5.56 Å². The number of hydrogen-bond donors (Lipinski definition) is 2. The van der Waals surface area contributed by atoms with Crippen LogP contribution < -0.4 is 5.56 Å². The minimum absolute atomic E-state index is 0.179. The van der Waals surface area contributed by atoms with Crippen LogP contribution in [-0.4, -0.2) is 16.0 Å². The molecule has 0 saturated carbocycles. The lowest BCUT2D eigenvalue weighted by atomic mass is 10.1. The van der Waals surface area contributed by atoms with E-state index in [0.717, 1.165) is 10.9 Å². The molecule has 0 radical (unpaired) electrons. The number of hydrogen-bond acceptors (Lipinski definition) is 3. The summed E-state index contributed by atoms with van der Waals surface area (Å²) in [6, 6.07) is 5.40. The van der Waals surface area contributed by atoms with Crippen molar-refractivity contribution < 1.29 is 0 Å². The Hall–Kier alpha value is -1.73. The molecular formula is C11H8N2OS. The minimum Gasteiger partial charge on any atom is -0.267 e. The number of rotatable bonds is 0. The Balaban J connectivity index is 2.62. The molecule has 0 fully saturated rings. The smallest absolute Gasteiger partial charge is 0.267 e. The summed E-state index contributed by atoms with van der Waals surface area (Å²) in [6.45, 7) is 0. The number of nitrogens with zero attached hydrogens (tertiary/aromatic N) is 1. The standard InChI is InChI=1S/C11H8N2OS/c14-11-10-4-3-8(2-1-5-15)6-9(10)7-12-13-11/h3-4,6-7,15H,5H2,(H,13,14). The third kappa shape index (κ3) is 2.03. The second kappa shape index (κ2) is 4.20. The highest BCUT2D eigenvalue weighted by atomic mass is 32.1. The molecule has 2 aromatic rings. The average molecular weight is 216 g/mol. The zero-order valence-corrected chi connectivity index (χ0v) is 8.71. The van der Waals surface area contributed by atoms with E-state index in [-0.39, 0.29) is 5.56 Å². The lowest BCUT2D eigenvalue weighted by Gasteiger charge is -1.95. The molecule has 1 aromatic heterocycles. The van der Waals surface area contributed by atoms with E-state index in [1.807, 2.05) is 12.1 Å².